The van der Waals surface area contributed by atoms with Crippen molar-refractivity contribution in [1.29, 1.82) is 0 Å². The number of nitro groups is 1. The van der Waals surface area contributed by atoms with Crippen LogP contribution in [0.3, 0.4) is 0 Å². The van der Waals surface area contributed by atoms with Crippen molar-refractivity contribution in [1.82, 2.24) is 0 Å². The molecule has 0 saturated heterocycles. The number of aliphatic hydroxyl groups excluding tert-OH is 1. The topological polar surface area (TPSA) is 84.8 Å². The zero-order valence-corrected chi connectivity index (χ0v) is 9.02. The van der Waals surface area contributed by atoms with E-state index in [9.17, 15) is 10.1 Å². The summed E-state index contributed by atoms with van der Waals surface area (Å²) in [6.07, 6.45) is 0.202. The summed E-state index contributed by atoms with van der Waals surface area (Å²) in [4.78, 5) is 18.6. The average Bonchev–Trinajstić information content (AvgIpc) is 2.17. The van der Waals surface area contributed by atoms with E-state index in [2.05, 4.69) is 0 Å². The molecular weight excluding hydrogens is 217 g/mol. The van der Waals surface area contributed by atoms with Gasteiger partial charge in [-0.2, -0.15) is 0 Å². The van der Waals surface area contributed by atoms with Gasteiger partial charge in [0.05, 0.1) is 4.92 Å². The van der Waals surface area contributed by atoms with Gasteiger partial charge in [0.15, 0.2) is 0 Å². The maximum atomic E-state index is 10.4. The molecule has 80 valence electrons. The second-order valence-electron chi connectivity index (χ2n) is 3.05. The zero-order chi connectivity index (χ0) is 11.4. The molecule has 1 aromatic carbocycles. The van der Waals surface area contributed by atoms with E-state index in [0.29, 0.717) is 0 Å². The summed E-state index contributed by atoms with van der Waals surface area (Å²) in [5.74, 6) is -0.595. The number of hydrogen-bond donors (Lipinski definition) is 1. The highest BCUT2D eigenvalue weighted by molar-refractivity contribution is 7.65. The van der Waals surface area contributed by atoms with Crippen molar-refractivity contribution < 1.29 is 14.8 Å². The van der Waals surface area contributed by atoms with Gasteiger partial charge in [-0.3, -0.25) is 10.1 Å². The third-order valence-corrected chi connectivity index (χ3v) is 3.82. The van der Waals surface area contributed by atoms with Crippen LogP contribution in [-0.4, -0.2) is 33.6 Å². The Morgan fingerprint density at radius 3 is 2.47 bits per heavy atom. The average molecular weight is 228 g/mol. The number of hydrogen-bond acceptors (Lipinski definition) is 2. The summed E-state index contributed by atoms with van der Waals surface area (Å²) in [5, 5.41) is 20.0. The van der Waals surface area contributed by atoms with Crippen molar-refractivity contribution in [3.05, 3.63) is 34.4 Å². The Labute approximate surface area is 87.6 Å². The highest BCUT2D eigenvalue weighted by Gasteiger charge is 2.14. The highest BCUT2D eigenvalue weighted by Crippen LogP contribution is 2.29. The Kier molecular flexibility index (Phi) is 3.74. The predicted molar refractivity (Wildman–Crippen MR) is 60.0 cm³/mol. The molecule has 0 fully saturated rings. The standard InChI is InChI=1S/C9H10NO4P/c1-15(6-9(11)12)8-4-2-7(3-5-8)10(13)14/h2-5H,6H2,1H3,(H,11,12)/p+1. The molecule has 15 heavy (non-hydrogen) atoms. The zero-order valence-electron chi connectivity index (χ0n) is 8.12. The molecular formula is C9H11NO4P+. The Morgan fingerprint density at radius 1 is 1.53 bits per heavy atom. The molecule has 0 spiro atoms. The van der Waals surface area contributed by atoms with Crippen molar-refractivity contribution in [3.8, 4) is 0 Å². The van der Waals surface area contributed by atoms with Crippen LogP contribution in [0.4, 0.5) is 5.69 Å². The van der Waals surface area contributed by atoms with E-state index in [4.69, 9.17) is 9.90 Å². The van der Waals surface area contributed by atoms with Crippen LogP contribution in [-0.2, 0) is 0 Å². The smallest absolute Gasteiger partial charge is 0.339 e. The van der Waals surface area contributed by atoms with Crippen molar-refractivity contribution in [3.63, 3.8) is 0 Å². The minimum absolute atomic E-state index is 0.0411. The van der Waals surface area contributed by atoms with Crippen LogP contribution in [0.15, 0.2) is 24.3 Å². The van der Waals surface area contributed by atoms with Crippen LogP contribution in [0.1, 0.15) is 0 Å². The molecule has 0 aliphatic carbocycles. The first-order valence-corrected chi connectivity index (χ1v) is 6.17. The molecule has 0 heterocycles. The summed E-state index contributed by atoms with van der Waals surface area (Å²) < 4.78 is 0. The van der Waals surface area contributed by atoms with Crippen LogP contribution in [0.5, 0.6) is 0 Å². The number of benzene rings is 1. The minimum atomic E-state index is -0.706. The quantitative estimate of drug-likeness (QED) is 0.365. The van der Waals surface area contributed by atoms with Crippen molar-refractivity contribution >= 4 is 24.9 Å². The Morgan fingerprint density at radius 2 is 2.07 bits per heavy atom. The van der Waals surface area contributed by atoms with Crippen LogP contribution in [0, 0.1) is 10.1 Å². The summed E-state index contributed by atoms with van der Waals surface area (Å²) in [5.41, 5.74) is 0.0411. The monoisotopic (exact) mass is 228 g/mol. The largest absolute Gasteiger partial charge is 0.485 e. The van der Waals surface area contributed by atoms with Gasteiger partial charge in [-0.1, -0.05) is 7.92 Å². The third kappa shape index (κ3) is 3.29. The van der Waals surface area contributed by atoms with Gasteiger partial charge < -0.3 is 9.90 Å². The van der Waals surface area contributed by atoms with Crippen LogP contribution >= 0.6 is 7.92 Å². The molecule has 5 nitrogen and oxygen atoms in total. The fourth-order valence-electron chi connectivity index (χ4n) is 1.13. The van der Waals surface area contributed by atoms with E-state index in [1.807, 2.05) is 6.66 Å². The summed E-state index contributed by atoms with van der Waals surface area (Å²) >= 11 is 0. The normalized spacial score (nSPS) is 12.1. The van der Waals surface area contributed by atoms with Gasteiger partial charge in [-0.15, -0.1) is 0 Å². The molecule has 0 aliphatic rings. The van der Waals surface area contributed by atoms with Gasteiger partial charge in [-0.25, -0.2) is 0 Å². The van der Waals surface area contributed by atoms with Gasteiger partial charge >= 0.3 is 5.97 Å². The molecule has 1 atom stereocenters. The number of rotatable bonds is 4. The molecule has 1 aromatic rings. The maximum Gasteiger partial charge on any atom is 0.485 e. The highest BCUT2D eigenvalue weighted by atomic mass is 31.1. The minimum Gasteiger partial charge on any atom is -0.339 e. The lowest BCUT2D eigenvalue weighted by molar-refractivity contribution is -0.384. The molecule has 0 aromatic heterocycles. The van der Waals surface area contributed by atoms with Gasteiger partial charge in [0.1, 0.15) is 6.16 Å². The fourth-order valence-corrected chi connectivity index (χ4v) is 2.40. The number of nitrogens with zero attached hydrogens (tertiary/aromatic N) is 1. The second kappa shape index (κ2) is 4.84. The number of non-ortho nitro benzene ring substituents is 1. The van der Waals surface area contributed by atoms with Crippen LogP contribution in [0.2, 0.25) is 0 Å². The number of carboxylic acids is 1. The van der Waals surface area contributed by atoms with Crippen molar-refractivity contribution in [2.24, 2.45) is 0 Å². The molecule has 0 amide bonds. The summed E-state index contributed by atoms with van der Waals surface area (Å²) in [6.45, 7) is 1.88. The lowest BCUT2D eigenvalue weighted by Gasteiger charge is -2.06. The Hall–Kier alpha value is -1.48. The number of carboxylic acid groups (broad SMARTS) is 1. The van der Waals surface area contributed by atoms with E-state index in [1.54, 1.807) is 12.1 Å². The van der Waals surface area contributed by atoms with E-state index in [-0.39, 0.29) is 11.8 Å². The summed E-state index contributed by atoms with van der Waals surface area (Å²) in [6, 6.07) is 6.13. The number of nitro benzene ring substituents is 1. The third-order valence-electron chi connectivity index (χ3n) is 1.88. The lowest BCUT2D eigenvalue weighted by Crippen LogP contribution is -2.09. The second-order valence-corrected chi connectivity index (χ2v) is 5.27. The van der Waals surface area contributed by atoms with Gasteiger partial charge in [-0.05, 0) is 24.1 Å². The van der Waals surface area contributed by atoms with Gasteiger partial charge in [0.25, 0.3) is 5.69 Å². The Balaban J connectivity index is 2.79. The van der Waals surface area contributed by atoms with Crippen molar-refractivity contribution in [2.45, 2.75) is 0 Å². The molecule has 0 bridgehead atoms. The first kappa shape index (κ1) is 11.6. The molecule has 2 N–H and O–H groups in total. The molecule has 6 heteroatoms. The van der Waals surface area contributed by atoms with Crippen LogP contribution in [0.25, 0.3) is 0 Å². The van der Waals surface area contributed by atoms with E-state index < -0.39 is 18.8 Å². The van der Waals surface area contributed by atoms with Crippen molar-refractivity contribution in [2.75, 3.05) is 12.8 Å². The Bertz CT molecular complexity index is 376. The van der Waals surface area contributed by atoms with E-state index in [1.165, 1.54) is 12.1 Å². The molecule has 1 rings (SSSR count). The van der Waals surface area contributed by atoms with E-state index in [0.717, 1.165) is 5.30 Å². The lowest BCUT2D eigenvalue weighted by atomic mass is 10.3. The molecule has 1 unspecified atom stereocenters. The molecule has 0 saturated carbocycles. The summed E-state index contributed by atoms with van der Waals surface area (Å²) in [7, 11) is -0.706. The fraction of sp³-hybridized carbons (Fsp3) is 0.222. The SMILES string of the molecule is CP(CC(O)=[OH+])c1ccc([N+](=O)[O-])cc1. The van der Waals surface area contributed by atoms with Crippen LogP contribution < -0.4 is 5.30 Å². The maximum absolute atomic E-state index is 10.4. The first-order chi connectivity index (χ1) is 7.00. The molecule has 0 radical (unpaired) electrons. The van der Waals surface area contributed by atoms with Gasteiger partial charge in [0, 0.05) is 12.1 Å². The predicted octanol–water partition coefficient (Wildman–Crippen LogP) is 1.39. The van der Waals surface area contributed by atoms with E-state index >= 15 is 0 Å². The molecule has 0 aliphatic heterocycles. The number of aliphatic carboxylic acids is 1. The first-order valence-electron chi connectivity index (χ1n) is 4.20. The van der Waals surface area contributed by atoms with Gasteiger partial charge in [0.2, 0.25) is 0 Å².